The third kappa shape index (κ3) is 4.93. The molecule has 0 spiro atoms. The highest BCUT2D eigenvalue weighted by atomic mass is 35.5. The molecular formula is C15H29ClN2O2S. The summed E-state index contributed by atoms with van der Waals surface area (Å²) >= 11 is 0. The Morgan fingerprint density at radius 1 is 1.24 bits per heavy atom. The lowest BCUT2D eigenvalue weighted by atomic mass is 9.81. The molecular weight excluding hydrogens is 308 g/mol. The maximum atomic E-state index is 12.4. The zero-order valence-corrected chi connectivity index (χ0v) is 14.6. The molecule has 0 bridgehead atoms. The number of rotatable bonds is 4. The predicted molar refractivity (Wildman–Crippen MR) is 90.1 cm³/mol. The summed E-state index contributed by atoms with van der Waals surface area (Å²) in [7, 11) is -0.747. The van der Waals surface area contributed by atoms with Crippen molar-refractivity contribution in [1.82, 2.24) is 5.32 Å². The molecule has 0 aromatic carbocycles. The lowest BCUT2D eigenvalue weighted by Crippen LogP contribution is -2.57. The van der Waals surface area contributed by atoms with Gasteiger partial charge in [-0.05, 0) is 32.1 Å². The van der Waals surface area contributed by atoms with Gasteiger partial charge in [0.2, 0.25) is 5.91 Å². The fourth-order valence-corrected chi connectivity index (χ4v) is 4.84. The van der Waals surface area contributed by atoms with Gasteiger partial charge in [0.1, 0.15) is 0 Å². The van der Waals surface area contributed by atoms with Crippen molar-refractivity contribution in [2.45, 2.75) is 81.5 Å². The molecule has 0 aliphatic heterocycles. The van der Waals surface area contributed by atoms with Crippen LogP contribution in [0.3, 0.4) is 0 Å². The first kappa shape index (κ1) is 18.9. The van der Waals surface area contributed by atoms with Gasteiger partial charge in [-0.1, -0.05) is 32.6 Å². The minimum atomic E-state index is -0.747. The standard InChI is InChI=1S/C15H28N2O2S.ClH/c1-2-20(19)13-8-6-7-12(11-13)17-14(18)15(16)9-4-3-5-10-15;/h12-13H,2-11,16H2,1H3,(H,17,18);1H. The molecule has 4 nitrogen and oxygen atoms in total. The van der Waals surface area contributed by atoms with Crippen LogP contribution in [0.15, 0.2) is 0 Å². The van der Waals surface area contributed by atoms with E-state index >= 15 is 0 Å². The molecule has 2 rings (SSSR count). The van der Waals surface area contributed by atoms with Gasteiger partial charge in [0.15, 0.2) is 0 Å². The molecule has 2 saturated carbocycles. The van der Waals surface area contributed by atoms with Crippen LogP contribution in [0.25, 0.3) is 0 Å². The summed E-state index contributed by atoms with van der Waals surface area (Å²) in [5.41, 5.74) is 5.61. The average Bonchev–Trinajstić information content (AvgIpc) is 2.47. The Labute approximate surface area is 136 Å². The van der Waals surface area contributed by atoms with Crippen LogP contribution in [-0.4, -0.2) is 32.7 Å². The van der Waals surface area contributed by atoms with Crippen molar-refractivity contribution >= 4 is 29.1 Å². The quantitative estimate of drug-likeness (QED) is 0.827. The van der Waals surface area contributed by atoms with Gasteiger partial charge in [0.25, 0.3) is 0 Å². The largest absolute Gasteiger partial charge is 0.352 e. The second kappa shape index (κ2) is 8.49. The Bertz CT molecular complexity index is 373. The van der Waals surface area contributed by atoms with Crippen molar-refractivity contribution in [2.24, 2.45) is 5.73 Å². The predicted octanol–water partition coefficient (Wildman–Crippen LogP) is 2.27. The van der Waals surface area contributed by atoms with Gasteiger partial charge in [0, 0.05) is 27.8 Å². The molecule has 0 heterocycles. The highest BCUT2D eigenvalue weighted by Crippen LogP contribution is 2.28. The second-order valence-corrected chi connectivity index (χ2v) is 8.35. The number of nitrogens with one attached hydrogen (secondary N) is 1. The second-order valence-electron chi connectivity index (χ2n) is 6.35. The molecule has 21 heavy (non-hydrogen) atoms. The van der Waals surface area contributed by atoms with Crippen LogP contribution in [0.5, 0.6) is 0 Å². The van der Waals surface area contributed by atoms with Crippen molar-refractivity contribution in [1.29, 1.82) is 0 Å². The number of nitrogens with two attached hydrogens (primary N) is 1. The molecule has 0 radical (unpaired) electrons. The van der Waals surface area contributed by atoms with Crippen LogP contribution < -0.4 is 11.1 Å². The average molecular weight is 337 g/mol. The van der Waals surface area contributed by atoms with Crippen LogP contribution in [0.2, 0.25) is 0 Å². The molecule has 0 aromatic rings. The van der Waals surface area contributed by atoms with E-state index in [4.69, 9.17) is 5.73 Å². The Hall–Kier alpha value is -0.130. The van der Waals surface area contributed by atoms with Crippen LogP contribution in [-0.2, 0) is 15.6 Å². The summed E-state index contributed by atoms with van der Waals surface area (Å²) in [6, 6.07) is 0.166. The Balaban J connectivity index is 0.00000220. The molecule has 3 unspecified atom stereocenters. The molecule has 0 saturated heterocycles. The number of carbonyl (C=O) groups is 1. The zero-order chi connectivity index (χ0) is 14.6. The van der Waals surface area contributed by atoms with Crippen LogP contribution in [0.4, 0.5) is 0 Å². The molecule has 3 N–H and O–H groups in total. The van der Waals surface area contributed by atoms with Crippen molar-refractivity contribution in [3.8, 4) is 0 Å². The third-order valence-corrected chi connectivity index (χ3v) is 6.56. The highest BCUT2D eigenvalue weighted by Gasteiger charge is 2.37. The summed E-state index contributed by atoms with van der Waals surface area (Å²) in [6.07, 6.45) is 8.83. The summed E-state index contributed by atoms with van der Waals surface area (Å²) in [5.74, 6) is 0.733. The van der Waals surface area contributed by atoms with Crippen LogP contribution >= 0.6 is 12.4 Å². The lowest BCUT2D eigenvalue weighted by Gasteiger charge is -2.35. The number of halogens is 1. The first-order chi connectivity index (χ1) is 9.55. The van der Waals surface area contributed by atoms with E-state index in [1.165, 1.54) is 6.42 Å². The Morgan fingerprint density at radius 3 is 2.52 bits per heavy atom. The van der Waals surface area contributed by atoms with E-state index in [2.05, 4.69) is 5.32 Å². The van der Waals surface area contributed by atoms with Gasteiger partial charge in [0.05, 0.1) is 5.54 Å². The SMILES string of the molecule is CCS(=O)C1CCCC(NC(=O)C2(N)CCCCC2)C1.Cl. The first-order valence-electron chi connectivity index (χ1n) is 8.02. The Kier molecular flexibility index (Phi) is 7.65. The molecule has 3 atom stereocenters. The van der Waals surface area contributed by atoms with E-state index in [9.17, 15) is 9.00 Å². The van der Waals surface area contributed by atoms with E-state index in [-0.39, 0.29) is 29.6 Å². The van der Waals surface area contributed by atoms with Crippen molar-refractivity contribution in [3.63, 3.8) is 0 Å². The topological polar surface area (TPSA) is 72.2 Å². The van der Waals surface area contributed by atoms with Crippen molar-refractivity contribution in [2.75, 3.05) is 5.75 Å². The zero-order valence-electron chi connectivity index (χ0n) is 12.9. The monoisotopic (exact) mass is 336 g/mol. The first-order valence-corrected chi connectivity index (χ1v) is 9.40. The number of amides is 1. The van der Waals surface area contributed by atoms with Crippen LogP contribution in [0, 0.1) is 0 Å². The normalized spacial score (nSPS) is 30.0. The fourth-order valence-electron chi connectivity index (χ4n) is 3.49. The molecule has 1 amide bonds. The van der Waals surface area contributed by atoms with Gasteiger partial charge < -0.3 is 11.1 Å². The Morgan fingerprint density at radius 2 is 1.90 bits per heavy atom. The van der Waals surface area contributed by atoms with E-state index in [1.54, 1.807) is 0 Å². The van der Waals surface area contributed by atoms with Crippen molar-refractivity contribution < 1.29 is 9.00 Å². The summed E-state index contributed by atoms with van der Waals surface area (Å²) in [6.45, 7) is 1.97. The lowest BCUT2D eigenvalue weighted by molar-refractivity contribution is -0.128. The summed E-state index contributed by atoms with van der Waals surface area (Å²) in [4.78, 5) is 12.4. The maximum absolute atomic E-state index is 12.4. The fraction of sp³-hybridized carbons (Fsp3) is 0.933. The number of hydrogen-bond acceptors (Lipinski definition) is 3. The van der Waals surface area contributed by atoms with E-state index in [1.807, 2.05) is 6.92 Å². The molecule has 124 valence electrons. The van der Waals surface area contributed by atoms with Gasteiger partial charge in [-0.2, -0.15) is 0 Å². The molecule has 2 aliphatic carbocycles. The van der Waals surface area contributed by atoms with Gasteiger partial charge >= 0.3 is 0 Å². The third-order valence-electron chi connectivity index (χ3n) is 4.82. The molecule has 0 aromatic heterocycles. The van der Waals surface area contributed by atoms with Crippen molar-refractivity contribution in [3.05, 3.63) is 0 Å². The summed E-state index contributed by atoms with van der Waals surface area (Å²) in [5, 5.41) is 3.39. The smallest absolute Gasteiger partial charge is 0.240 e. The molecule has 2 aliphatic rings. The van der Waals surface area contributed by atoms with E-state index in [0.29, 0.717) is 5.75 Å². The van der Waals surface area contributed by atoms with E-state index < -0.39 is 16.3 Å². The van der Waals surface area contributed by atoms with E-state index in [0.717, 1.165) is 51.4 Å². The molecule has 2 fully saturated rings. The van der Waals surface area contributed by atoms with Gasteiger partial charge in [-0.3, -0.25) is 9.00 Å². The molecule has 6 heteroatoms. The number of carbonyl (C=O) groups excluding carboxylic acids is 1. The minimum Gasteiger partial charge on any atom is -0.352 e. The highest BCUT2D eigenvalue weighted by molar-refractivity contribution is 7.85. The van der Waals surface area contributed by atoms with Gasteiger partial charge in [-0.25, -0.2) is 0 Å². The van der Waals surface area contributed by atoms with Gasteiger partial charge in [-0.15, -0.1) is 12.4 Å². The minimum absolute atomic E-state index is 0. The van der Waals surface area contributed by atoms with Crippen LogP contribution in [0.1, 0.15) is 64.7 Å². The maximum Gasteiger partial charge on any atom is 0.240 e. The number of hydrogen-bond donors (Lipinski definition) is 2. The summed E-state index contributed by atoms with van der Waals surface area (Å²) < 4.78 is 11.9.